The summed E-state index contributed by atoms with van der Waals surface area (Å²) in [6, 6.07) is 7.88. The minimum atomic E-state index is -0.0312. The zero-order chi connectivity index (χ0) is 14.5. The van der Waals surface area contributed by atoms with Crippen molar-refractivity contribution < 1.29 is 9.59 Å². The monoisotopic (exact) mass is 338 g/mol. The van der Waals surface area contributed by atoms with Gasteiger partial charge >= 0.3 is 0 Å². The highest BCUT2D eigenvalue weighted by molar-refractivity contribution is 9.10. The van der Waals surface area contributed by atoms with Crippen LogP contribution in [0.3, 0.4) is 0 Å². The van der Waals surface area contributed by atoms with E-state index in [9.17, 15) is 9.59 Å². The van der Waals surface area contributed by atoms with Crippen molar-refractivity contribution in [3.05, 3.63) is 28.7 Å². The fraction of sp³-hybridized carbons (Fsp3) is 0.467. The second-order valence-corrected chi connectivity index (χ2v) is 6.07. The highest BCUT2D eigenvalue weighted by Gasteiger charge is 2.23. The van der Waals surface area contributed by atoms with Crippen LogP contribution in [0.25, 0.3) is 0 Å². The van der Waals surface area contributed by atoms with Gasteiger partial charge in [-0.15, -0.1) is 0 Å². The summed E-state index contributed by atoms with van der Waals surface area (Å²) in [5.74, 6) is 0.309. The molecule has 1 amide bonds. The fourth-order valence-electron chi connectivity index (χ4n) is 2.47. The van der Waals surface area contributed by atoms with Crippen LogP contribution in [0, 0.1) is 0 Å². The Morgan fingerprint density at radius 3 is 2.65 bits per heavy atom. The van der Waals surface area contributed by atoms with E-state index >= 15 is 0 Å². The van der Waals surface area contributed by atoms with Crippen LogP contribution in [0.15, 0.2) is 28.7 Å². The van der Waals surface area contributed by atoms with Gasteiger partial charge in [-0.3, -0.25) is 14.5 Å². The van der Waals surface area contributed by atoms with Crippen LogP contribution < -0.4 is 5.32 Å². The number of carbonyl (C=O) groups is 2. The minimum Gasteiger partial charge on any atom is -0.324 e. The Morgan fingerprint density at radius 2 is 2.00 bits per heavy atom. The number of hydrogen-bond donors (Lipinski definition) is 1. The van der Waals surface area contributed by atoms with E-state index in [4.69, 9.17) is 0 Å². The van der Waals surface area contributed by atoms with E-state index in [0.29, 0.717) is 31.2 Å². The maximum atomic E-state index is 12.0. The quantitative estimate of drug-likeness (QED) is 0.918. The summed E-state index contributed by atoms with van der Waals surface area (Å²) < 4.78 is 0.874. The van der Waals surface area contributed by atoms with Gasteiger partial charge in [0.2, 0.25) is 5.91 Å². The molecule has 108 valence electrons. The molecule has 1 aromatic rings. The number of carbonyl (C=O) groups excluding carboxylic acids is 2. The number of hydrogen-bond acceptors (Lipinski definition) is 3. The van der Waals surface area contributed by atoms with E-state index in [-0.39, 0.29) is 5.91 Å². The fourth-order valence-corrected chi connectivity index (χ4v) is 2.86. The van der Waals surface area contributed by atoms with Crippen molar-refractivity contribution in [3.8, 4) is 0 Å². The first-order valence-electron chi connectivity index (χ1n) is 6.82. The summed E-state index contributed by atoms with van der Waals surface area (Å²) in [6.45, 7) is 0.347. The van der Waals surface area contributed by atoms with E-state index in [1.165, 1.54) is 0 Å². The van der Waals surface area contributed by atoms with Crippen LogP contribution >= 0.6 is 15.9 Å². The van der Waals surface area contributed by atoms with Crippen LogP contribution in [0.4, 0.5) is 5.69 Å². The first-order chi connectivity index (χ1) is 9.56. The Balaban J connectivity index is 1.85. The lowest BCUT2D eigenvalue weighted by molar-refractivity contribution is -0.121. The van der Waals surface area contributed by atoms with Gasteiger partial charge in [0.05, 0.1) is 12.2 Å². The van der Waals surface area contributed by atoms with Crippen LogP contribution in [-0.2, 0) is 9.59 Å². The van der Waals surface area contributed by atoms with Gasteiger partial charge in [-0.05, 0) is 48.0 Å². The number of ketones is 1. The smallest absolute Gasteiger partial charge is 0.238 e. The molecule has 0 radical (unpaired) electrons. The van der Waals surface area contributed by atoms with E-state index < -0.39 is 0 Å². The van der Waals surface area contributed by atoms with E-state index in [0.717, 1.165) is 23.0 Å². The third-order valence-electron chi connectivity index (χ3n) is 3.68. The molecule has 1 aromatic carbocycles. The van der Waals surface area contributed by atoms with E-state index in [1.54, 1.807) is 0 Å². The van der Waals surface area contributed by atoms with Crippen molar-refractivity contribution in [2.24, 2.45) is 0 Å². The molecular formula is C15H19BrN2O2. The first kappa shape index (κ1) is 15.2. The van der Waals surface area contributed by atoms with E-state index in [1.807, 2.05) is 36.2 Å². The Hall–Kier alpha value is -1.20. The zero-order valence-corrected chi connectivity index (χ0v) is 13.1. The lowest BCUT2D eigenvalue weighted by Gasteiger charge is -2.30. The predicted molar refractivity (Wildman–Crippen MR) is 82.7 cm³/mol. The SMILES string of the molecule is CN(CC(=O)Nc1ccccc1Br)C1CCC(=O)CC1. The van der Waals surface area contributed by atoms with Crippen molar-refractivity contribution in [2.75, 3.05) is 18.9 Å². The summed E-state index contributed by atoms with van der Waals surface area (Å²) in [7, 11) is 1.94. The highest BCUT2D eigenvalue weighted by atomic mass is 79.9. The largest absolute Gasteiger partial charge is 0.324 e. The first-order valence-corrected chi connectivity index (χ1v) is 7.62. The van der Waals surface area contributed by atoms with Crippen molar-refractivity contribution >= 4 is 33.3 Å². The maximum Gasteiger partial charge on any atom is 0.238 e. The van der Waals surface area contributed by atoms with Gasteiger partial charge in [0.1, 0.15) is 5.78 Å². The number of para-hydroxylation sites is 1. The molecule has 1 fully saturated rings. The summed E-state index contributed by atoms with van der Waals surface area (Å²) in [5.41, 5.74) is 0.782. The molecule has 20 heavy (non-hydrogen) atoms. The maximum absolute atomic E-state index is 12.0. The Kier molecular flexibility index (Phi) is 5.31. The second kappa shape index (κ2) is 6.99. The van der Waals surface area contributed by atoms with E-state index in [2.05, 4.69) is 21.2 Å². The zero-order valence-electron chi connectivity index (χ0n) is 11.6. The van der Waals surface area contributed by atoms with Gasteiger partial charge < -0.3 is 5.32 Å². The van der Waals surface area contributed by atoms with Gasteiger partial charge in [-0.25, -0.2) is 0 Å². The van der Waals surface area contributed by atoms with Gasteiger partial charge in [-0.2, -0.15) is 0 Å². The molecule has 1 N–H and O–H groups in total. The molecule has 0 unspecified atom stereocenters. The lowest BCUT2D eigenvalue weighted by Crippen LogP contribution is -2.40. The average Bonchev–Trinajstić information content (AvgIpc) is 2.42. The Morgan fingerprint density at radius 1 is 1.35 bits per heavy atom. The summed E-state index contributed by atoms with van der Waals surface area (Å²) in [4.78, 5) is 25.3. The van der Waals surface area contributed by atoms with Crippen molar-refractivity contribution in [1.82, 2.24) is 4.90 Å². The third kappa shape index (κ3) is 4.15. The number of rotatable bonds is 4. The predicted octanol–water partition coefficient (Wildman–Crippen LogP) is 2.83. The molecule has 0 atom stereocenters. The normalized spacial score (nSPS) is 16.4. The highest BCUT2D eigenvalue weighted by Crippen LogP contribution is 2.22. The van der Waals surface area contributed by atoms with Crippen LogP contribution in [-0.4, -0.2) is 36.2 Å². The summed E-state index contributed by atoms with van der Waals surface area (Å²) in [6.07, 6.45) is 3.00. The van der Waals surface area contributed by atoms with Gasteiger partial charge in [0, 0.05) is 23.4 Å². The van der Waals surface area contributed by atoms with Crippen LogP contribution in [0.1, 0.15) is 25.7 Å². The van der Waals surface area contributed by atoms with Crippen molar-refractivity contribution in [1.29, 1.82) is 0 Å². The molecular weight excluding hydrogens is 320 g/mol. The average molecular weight is 339 g/mol. The van der Waals surface area contributed by atoms with Crippen molar-refractivity contribution in [2.45, 2.75) is 31.7 Å². The molecule has 0 heterocycles. The molecule has 1 aliphatic carbocycles. The second-order valence-electron chi connectivity index (χ2n) is 5.21. The van der Waals surface area contributed by atoms with Crippen molar-refractivity contribution in [3.63, 3.8) is 0 Å². The molecule has 0 bridgehead atoms. The molecule has 0 spiro atoms. The molecule has 0 aliphatic heterocycles. The molecule has 4 nitrogen and oxygen atoms in total. The number of likely N-dealkylation sites (N-methyl/N-ethyl adjacent to an activating group) is 1. The number of nitrogens with zero attached hydrogens (tertiary/aromatic N) is 1. The number of anilines is 1. The van der Waals surface area contributed by atoms with Crippen LogP contribution in [0.2, 0.25) is 0 Å². The van der Waals surface area contributed by atoms with Crippen LogP contribution in [0.5, 0.6) is 0 Å². The molecule has 1 saturated carbocycles. The number of benzene rings is 1. The lowest BCUT2D eigenvalue weighted by atomic mass is 9.93. The van der Waals surface area contributed by atoms with Gasteiger partial charge in [0.25, 0.3) is 0 Å². The summed E-state index contributed by atoms with van der Waals surface area (Å²) in [5, 5.41) is 2.89. The molecule has 5 heteroatoms. The topological polar surface area (TPSA) is 49.4 Å². The Bertz CT molecular complexity index is 494. The molecule has 2 rings (SSSR count). The number of amides is 1. The molecule has 0 saturated heterocycles. The summed E-state index contributed by atoms with van der Waals surface area (Å²) >= 11 is 3.41. The molecule has 1 aliphatic rings. The Labute approximate surface area is 127 Å². The standard InChI is InChI=1S/C15H19BrN2O2/c1-18(11-6-8-12(19)9-7-11)10-15(20)17-14-5-3-2-4-13(14)16/h2-5,11H,6-10H2,1H3,(H,17,20). The van der Waals surface area contributed by atoms with Gasteiger partial charge in [0.15, 0.2) is 0 Å². The third-order valence-corrected chi connectivity index (χ3v) is 4.37. The molecule has 0 aromatic heterocycles. The minimum absolute atomic E-state index is 0.0312. The number of halogens is 1. The number of nitrogens with one attached hydrogen (secondary N) is 1. The number of Topliss-reactive ketones (excluding diaryl/α,β-unsaturated/α-hetero) is 1. The van der Waals surface area contributed by atoms with Gasteiger partial charge in [-0.1, -0.05) is 12.1 Å².